The van der Waals surface area contributed by atoms with E-state index in [2.05, 4.69) is 21.5 Å². The van der Waals surface area contributed by atoms with Crippen LogP contribution in [0, 0.1) is 6.92 Å². The third-order valence-electron chi connectivity index (χ3n) is 3.46. The number of hydrogen-bond acceptors (Lipinski definition) is 6. The maximum atomic E-state index is 5.38. The summed E-state index contributed by atoms with van der Waals surface area (Å²) in [4.78, 5) is 9.81. The Labute approximate surface area is 141 Å². The molecule has 1 heterocycles. The second-order valence-corrected chi connectivity index (χ2v) is 5.95. The van der Waals surface area contributed by atoms with Crippen LogP contribution in [0.4, 0.5) is 0 Å². The van der Waals surface area contributed by atoms with Crippen LogP contribution in [-0.4, -0.2) is 37.0 Å². The summed E-state index contributed by atoms with van der Waals surface area (Å²) in [5.41, 5.74) is 3.16. The Hall–Kier alpha value is -1.79. The van der Waals surface area contributed by atoms with E-state index in [4.69, 9.17) is 9.47 Å². The van der Waals surface area contributed by atoms with Gasteiger partial charge >= 0.3 is 0 Å². The molecule has 5 nitrogen and oxygen atoms in total. The van der Waals surface area contributed by atoms with Gasteiger partial charge in [-0.05, 0) is 30.9 Å². The van der Waals surface area contributed by atoms with Crippen molar-refractivity contribution in [1.82, 2.24) is 15.3 Å². The van der Waals surface area contributed by atoms with Crippen LogP contribution in [0.5, 0.6) is 11.5 Å². The molecule has 0 amide bonds. The third-order valence-corrected chi connectivity index (χ3v) is 4.28. The van der Waals surface area contributed by atoms with E-state index in [0.717, 1.165) is 42.4 Å². The molecular weight excluding hydrogens is 310 g/mol. The topological polar surface area (TPSA) is 56.3 Å². The van der Waals surface area contributed by atoms with Crippen LogP contribution in [0.1, 0.15) is 17.0 Å². The minimum Gasteiger partial charge on any atom is -0.493 e. The van der Waals surface area contributed by atoms with Crippen LogP contribution in [0.25, 0.3) is 0 Å². The molecule has 0 saturated carbocycles. The molecule has 0 unspecified atom stereocenters. The quantitative estimate of drug-likeness (QED) is 0.592. The van der Waals surface area contributed by atoms with E-state index in [9.17, 15) is 0 Å². The van der Waals surface area contributed by atoms with E-state index in [0.29, 0.717) is 0 Å². The van der Waals surface area contributed by atoms with Gasteiger partial charge in [0.15, 0.2) is 11.5 Å². The van der Waals surface area contributed by atoms with Crippen LogP contribution < -0.4 is 14.8 Å². The van der Waals surface area contributed by atoms with Crippen molar-refractivity contribution in [2.45, 2.75) is 24.8 Å². The Morgan fingerprint density at radius 3 is 2.52 bits per heavy atom. The summed E-state index contributed by atoms with van der Waals surface area (Å²) >= 11 is 1.70. The molecule has 2 aromatic rings. The number of ether oxygens (including phenoxy) is 2. The van der Waals surface area contributed by atoms with E-state index < -0.39 is 0 Å². The Balaban J connectivity index is 1.97. The summed E-state index contributed by atoms with van der Waals surface area (Å²) in [7, 11) is 3.31. The smallest absolute Gasteiger partial charge is 0.161 e. The number of benzene rings is 1. The fourth-order valence-corrected chi connectivity index (χ4v) is 2.92. The molecule has 0 atom stereocenters. The van der Waals surface area contributed by atoms with E-state index in [1.165, 1.54) is 10.5 Å². The van der Waals surface area contributed by atoms with Crippen molar-refractivity contribution in [2.75, 3.05) is 27.0 Å². The predicted molar refractivity (Wildman–Crippen MR) is 93.5 cm³/mol. The summed E-state index contributed by atoms with van der Waals surface area (Å²) in [5, 5.41) is 3.46. The summed E-state index contributed by atoms with van der Waals surface area (Å²) in [6, 6.07) is 4.05. The highest BCUT2D eigenvalue weighted by Gasteiger charge is 2.10. The number of aromatic nitrogens is 2. The van der Waals surface area contributed by atoms with Crippen LogP contribution in [0.15, 0.2) is 29.4 Å². The molecule has 2 rings (SSSR count). The summed E-state index contributed by atoms with van der Waals surface area (Å²) < 4.78 is 10.7. The number of nitrogens with zero attached hydrogens (tertiary/aromatic N) is 2. The van der Waals surface area contributed by atoms with Crippen molar-refractivity contribution >= 4 is 11.8 Å². The normalized spacial score (nSPS) is 10.6. The van der Waals surface area contributed by atoms with Gasteiger partial charge in [-0.2, -0.15) is 0 Å². The second kappa shape index (κ2) is 8.74. The number of rotatable bonds is 8. The molecule has 0 spiro atoms. The van der Waals surface area contributed by atoms with Gasteiger partial charge in [0.25, 0.3) is 0 Å². The third kappa shape index (κ3) is 4.84. The molecule has 0 bridgehead atoms. The highest BCUT2D eigenvalue weighted by molar-refractivity contribution is 7.98. The van der Waals surface area contributed by atoms with Crippen LogP contribution in [0.3, 0.4) is 0 Å². The molecule has 1 N–H and O–H groups in total. The van der Waals surface area contributed by atoms with Gasteiger partial charge in [0, 0.05) is 36.8 Å². The van der Waals surface area contributed by atoms with Gasteiger partial charge in [-0.3, -0.25) is 9.97 Å². The van der Waals surface area contributed by atoms with E-state index >= 15 is 0 Å². The summed E-state index contributed by atoms with van der Waals surface area (Å²) in [5.74, 6) is 1.52. The number of thioether (sulfide) groups is 1. The first kappa shape index (κ1) is 17.6. The first-order valence-electron chi connectivity index (χ1n) is 7.45. The number of aryl methyl sites for hydroxylation is 1. The number of nitrogens with one attached hydrogen (secondary N) is 1. The first-order chi connectivity index (χ1) is 11.2. The van der Waals surface area contributed by atoms with E-state index in [-0.39, 0.29) is 0 Å². The minimum absolute atomic E-state index is 0.756. The van der Waals surface area contributed by atoms with Gasteiger partial charge in [0.2, 0.25) is 0 Å². The Bertz CT molecular complexity index is 650. The minimum atomic E-state index is 0.756. The molecule has 23 heavy (non-hydrogen) atoms. The van der Waals surface area contributed by atoms with Crippen molar-refractivity contribution in [3.8, 4) is 11.5 Å². The zero-order chi connectivity index (χ0) is 16.7. The average molecular weight is 333 g/mol. The fourth-order valence-electron chi connectivity index (χ4n) is 2.31. The summed E-state index contributed by atoms with van der Waals surface area (Å²) in [6.07, 6.45) is 6.51. The molecule has 0 radical (unpaired) electrons. The van der Waals surface area contributed by atoms with Crippen molar-refractivity contribution in [3.63, 3.8) is 0 Å². The van der Waals surface area contributed by atoms with Gasteiger partial charge < -0.3 is 14.8 Å². The van der Waals surface area contributed by atoms with Crippen LogP contribution in [-0.2, 0) is 13.0 Å². The van der Waals surface area contributed by atoms with Gasteiger partial charge in [-0.25, -0.2) is 0 Å². The number of hydrogen-bond donors (Lipinski definition) is 1. The second-order valence-electron chi connectivity index (χ2n) is 5.10. The van der Waals surface area contributed by atoms with Crippen molar-refractivity contribution in [2.24, 2.45) is 0 Å². The lowest BCUT2D eigenvalue weighted by molar-refractivity contribution is 0.353. The zero-order valence-electron chi connectivity index (χ0n) is 14.0. The zero-order valence-corrected chi connectivity index (χ0v) is 14.9. The van der Waals surface area contributed by atoms with E-state index in [1.54, 1.807) is 32.2 Å². The maximum absolute atomic E-state index is 5.38. The highest BCUT2D eigenvalue weighted by atomic mass is 32.2. The Morgan fingerprint density at radius 2 is 1.87 bits per heavy atom. The molecule has 0 aliphatic carbocycles. The Morgan fingerprint density at radius 1 is 1.13 bits per heavy atom. The molecule has 0 saturated heterocycles. The van der Waals surface area contributed by atoms with Crippen molar-refractivity contribution in [3.05, 3.63) is 41.5 Å². The van der Waals surface area contributed by atoms with Gasteiger partial charge in [0.1, 0.15) is 0 Å². The average Bonchev–Trinajstić information content (AvgIpc) is 2.58. The monoisotopic (exact) mass is 333 g/mol. The van der Waals surface area contributed by atoms with Crippen LogP contribution in [0.2, 0.25) is 0 Å². The standard InChI is InChI=1S/C17H23N3O2S/c1-12-9-19-11-14(20-12)5-6-18-10-13-7-15(21-2)16(22-3)8-17(13)23-4/h7-9,11,18H,5-6,10H2,1-4H3. The molecule has 1 aromatic carbocycles. The number of methoxy groups -OCH3 is 2. The fraction of sp³-hybridized carbons (Fsp3) is 0.412. The predicted octanol–water partition coefficient (Wildman–Crippen LogP) is 2.86. The van der Waals surface area contributed by atoms with E-state index in [1.807, 2.05) is 25.3 Å². The maximum Gasteiger partial charge on any atom is 0.161 e. The molecule has 1 aromatic heterocycles. The molecular formula is C17H23N3O2S. The largest absolute Gasteiger partial charge is 0.493 e. The lowest BCUT2D eigenvalue weighted by atomic mass is 10.2. The molecule has 6 heteroatoms. The molecule has 0 fully saturated rings. The van der Waals surface area contributed by atoms with Gasteiger partial charge in [-0.15, -0.1) is 11.8 Å². The molecule has 124 valence electrons. The van der Waals surface area contributed by atoms with Crippen molar-refractivity contribution in [1.29, 1.82) is 0 Å². The first-order valence-corrected chi connectivity index (χ1v) is 8.67. The lowest BCUT2D eigenvalue weighted by Gasteiger charge is -2.14. The van der Waals surface area contributed by atoms with Crippen molar-refractivity contribution < 1.29 is 9.47 Å². The lowest BCUT2D eigenvalue weighted by Crippen LogP contribution is -2.18. The SMILES string of the molecule is COc1cc(CNCCc2cncc(C)n2)c(SC)cc1OC. The van der Waals surface area contributed by atoms with Crippen LogP contribution >= 0.6 is 11.8 Å². The molecule has 0 aliphatic heterocycles. The highest BCUT2D eigenvalue weighted by Crippen LogP contribution is 2.34. The molecule has 0 aliphatic rings. The Kier molecular flexibility index (Phi) is 6.67. The summed E-state index contributed by atoms with van der Waals surface area (Å²) in [6.45, 7) is 3.58. The van der Waals surface area contributed by atoms with Gasteiger partial charge in [0.05, 0.1) is 25.6 Å². The van der Waals surface area contributed by atoms with Gasteiger partial charge in [-0.1, -0.05) is 0 Å².